The van der Waals surface area contributed by atoms with Gasteiger partial charge in [-0.2, -0.15) is 0 Å². The zero-order chi connectivity index (χ0) is 19.4. The van der Waals surface area contributed by atoms with Gasteiger partial charge in [0.1, 0.15) is 19.3 Å². The van der Waals surface area contributed by atoms with E-state index >= 15 is 0 Å². The first-order valence-electron chi connectivity index (χ1n) is 8.73. The molecule has 2 aromatic carbocycles. The summed E-state index contributed by atoms with van der Waals surface area (Å²) in [5.74, 6) is 1.18. The Morgan fingerprint density at radius 2 is 1.85 bits per heavy atom. The number of rotatable bonds is 6. The van der Waals surface area contributed by atoms with Crippen molar-refractivity contribution in [3.63, 3.8) is 0 Å². The van der Waals surface area contributed by atoms with E-state index in [9.17, 15) is 4.79 Å². The maximum atomic E-state index is 12.7. The number of amides is 1. The Labute approximate surface area is 169 Å². The van der Waals surface area contributed by atoms with E-state index in [2.05, 4.69) is 5.32 Å². The largest absolute Gasteiger partial charge is 0.486 e. The van der Waals surface area contributed by atoms with Crippen LogP contribution in [0.3, 0.4) is 0 Å². The molecule has 2 aromatic rings. The molecule has 0 aliphatic carbocycles. The van der Waals surface area contributed by atoms with Gasteiger partial charge in [-0.3, -0.25) is 9.69 Å². The van der Waals surface area contributed by atoms with Crippen molar-refractivity contribution >= 4 is 29.1 Å². The zero-order valence-electron chi connectivity index (χ0n) is 15.3. The highest BCUT2D eigenvalue weighted by Crippen LogP contribution is 2.38. The Morgan fingerprint density at radius 3 is 2.56 bits per heavy atom. The summed E-state index contributed by atoms with van der Waals surface area (Å²) >= 11 is 12.2. The van der Waals surface area contributed by atoms with Crippen molar-refractivity contribution in [3.8, 4) is 11.5 Å². The summed E-state index contributed by atoms with van der Waals surface area (Å²) in [4.78, 5) is 14.6. The predicted molar refractivity (Wildman–Crippen MR) is 107 cm³/mol. The summed E-state index contributed by atoms with van der Waals surface area (Å²) in [7, 11) is 3.75. The van der Waals surface area contributed by atoms with Crippen LogP contribution in [0.5, 0.6) is 11.5 Å². The fourth-order valence-corrected chi connectivity index (χ4v) is 3.48. The number of carbonyl (C=O) groups excluding carboxylic acids is 1. The summed E-state index contributed by atoms with van der Waals surface area (Å²) in [5, 5.41) is 4.17. The SMILES string of the molecule is CN(C)[C@H](C(=O)NCCc1cc(Cl)c2c(c1)OCCO2)c1ccc(Cl)cc1. The van der Waals surface area contributed by atoms with Gasteiger partial charge in [0.2, 0.25) is 5.91 Å². The lowest BCUT2D eigenvalue weighted by atomic mass is 10.0. The molecular weight excluding hydrogens is 387 g/mol. The van der Waals surface area contributed by atoms with Crippen LogP contribution in [-0.4, -0.2) is 44.7 Å². The fraction of sp³-hybridized carbons (Fsp3) is 0.350. The minimum Gasteiger partial charge on any atom is -0.486 e. The topological polar surface area (TPSA) is 50.8 Å². The van der Waals surface area contributed by atoms with Crippen LogP contribution in [0.1, 0.15) is 17.2 Å². The minimum atomic E-state index is -0.383. The number of halogens is 2. The lowest BCUT2D eigenvalue weighted by Gasteiger charge is -2.24. The number of likely N-dealkylation sites (N-methyl/N-ethyl adjacent to an activating group) is 1. The highest BCUT2D eigenvalue weighted by Gasteiger charge is 2.22. The van der Waals surface area contributed by atoms with Crippen molar-refractivity contribution in [3.05, 3.63) is 57.6 Å². The molecule has 144 valence electrons. The molecule has 0 unspecified atom stereocenters. The smallest absolute Gasteiger partial charge is 0.241 e. The summed E-state index contributed by atoms with van der Waals surface area (Å²) in [5.41, 5.74) is 1.88. The molecule has 0 spiro atoms. The van der Waals surface area contributed by atoms with E-state index in [1.807, 2.05) is 43.3 Å². The molecule has 0 fully saturated rings. The Kier molecular flexibility index (Phi) is 6.47. The minimum absolute atomic E-state index is 0.0639. The van der Waals surface area contributed by atoms with Gasteiger partial charge in [0, 0.05) is 11.6 Å². The van der Waals surface area contributed by atoms with Gasteiger partial charge < -0.3 is 14.8 Å². The third-order valence-electron chi connectivity index (χ3n) is 4.32. The maximum Gasteiger partial charge on any atom is 0.241 e. The first kappa shape index (κ1) is 19.8. The number of benzene rings is 2. The molecule has 1 aliphatic rings. The molecule has 0 aromatic heterocycles. The van der Waals surface area contributed by atoms with Crippen LogP contribution in [-0.2, 0) is 11.2 Å². The second-order valence-corrected chi connectivity index (χ2v) is 7.40. The van der Waals surface area contributed by atoms with Gasteiger partial charge in [-0.05, 0) is 55.9 Å². The lowest BCUT2D eigenvalue weighted by molar-refractivity contribution is -0.125. The van der Waals surface area contributed by atoms with Crippen LogP contribution in [0.15, 0.2) is 36.4 Å². The van der Waals surface area contributed by atoms with E-state index in [1.165, 1.54) is 0 Å². The highest BCUT2D eigenvalue weighted by molar-refractivity contribution is 6.32. The van der Waals surface area contributed by atoms with Crippen LogP contribution < -0.4 is 14.8 Å². The Balaban J connectivity index is 1.63. The zero-order valence-corrected chi connectivity index (χ0v) is 16.8. The molecule has 7 heteroatoms. The predicted octanol–water partition coefficient (Wildman–Crippen LogP) is 3.73. The van der Waals surface area contributed by atoms with Crippen LogP contribution in [0.25, 0.3) is 0 Å². The second kappa shape index (κ2) is 8.83. The van der Waals surface area contributed by atoms with Crippen LogP contribution in [0.2, 0.25) is 10.0 Å². The van der Waals surface area contributed by atoms with E-state index in [1.54, 1.807) is 12.1 Å². The second-order valence-electron chi connectivity index (χ2n) is 6.56. The average molecular weight is 409 g/mol. The van der Waals surface area contributed by atoms with Crippen molar-refractivity contribution in [2.45, 2.75) is 12.5 Å². The van der Waals surface area contributed by atoms with Crippen LogP contribution >= 0.6 is 23.2 Å². The standard InChI is InChI=1S/C20H22Cl2N2O3/c1-24(2)18(14-3-5-15(21)6-4-14)20(25)23-8-7-13-11-16(22)19-17(12-13)26-9-10-27-19/h3-6,11-12,18H,7-10H2,1-2H3,(H,23,25)/t18-/m0/s1. The van der Waals surface area contributed by atoms with Gasteiger partial charge in [0.15, 0.2) is 11.5 Å². The molecule has 3 rings (SSSR count). The van der Waals surface area contributed by atoms with Crippen LogP contribution in [0.4, 0.5) is 0 Å². The van der Waals surface area contributed by atoms with E-state index in [0.717, 1.165) is 11.1 Å². The van der Waals surface area contributed by atoms with E-state index in [0.29, 0.717) is 47.7 Å². The Morgan fingerprint density at radius 1 is 1.15 bits per heavy atom. The molecule has 0 bridgehead atoms. The summed E-state index contributed by atoms with van der Waals surface area (Å²) in [6, 6.07) is 10.7. The van der Waals surface area contributed by atoms with E-state index < -0.39 is 0 Å². The number of ether oxygens (including phenoxy) is 2. The van der Waals surface area contributed by atoms with Gasteiger partial charge in [0.25, 0.3) is 0 Å². The molecule has 1 N–H and O–H groups in total. The third-order valence-corrected chi connectivity index (χ3v) is 4.85. The Bertz CT molecular complexity index is 810. The summed E-state index contributed by atoms with van der Waals surface area (Å²) in [6.07, 6.45) is 0.642. The number of nitrogens with one attached hydrogen (secondary N) is 1. The van der Waals surface area contributed by atoms with Gasteiger partial charge in [-0.1, -0.05) is 35.3 Å². The summed E-state index contributed by atoms with van der Waals surface area (Å²) < 4.78 is 11.1. The van der Waals surface area contributed by atoms with Gasteiger partial charge >= 0.3 is 0 Å². The molecule has 5 nitrogen and oxygen atoms in total. The van der Waals surface area contributed by atoms with E-state index in [4.69, 9.17) is 32.7 Å². The molecular formula is C20H22Cl2N2O3. The third kappa shape index (κ3) is 4.86. The molecule has 1 amide bonds. The fourth-order valence-electron chi connectivity index (χ4n) is 3.06. The van der Waals surface area contributed by atoms with Gasteiger partial charge in [-0.15, -0.1) is 0 Å². The molecule has 0 radical (unpaired) electrons. The van der Waals surface area contributed by atoms with Gasteiger partial charge in [0.05, 0.1) is 5.02 Å². The van der Waals surface area contributed by atoms with Crippen molar-refractivity contribution in [2.24, 2.45) is 0 Å². The normalized spacial score (nSPS) is 14.1. The molecule has 1 atom stereocenters. The quantitative estimate of drug-likeness (QED) is 0.790. The average Bonchev–Trinajstić information content (AvgIpc) is 2.63. The molecule has 27 heavy (non-hydrogen) atoms. The Hall–Kier alpha value is -1.95. The summed E-state index contributed by atoms with van der Waals surface area (Å²) in [6.45, 7) is 1.50. The first-order valence-corrected chi connectivity index (χ1v) is 9.49. The van der Waals surface area contributed by atoms with Crippen molar-refractivity contribution in [1.82, 2.24) is 10.2 Å². The maximum absolute atomic E-state index is 12.7. The number of carbonyl (C=O) groups is 1. The first-order chi connectivity index (χ1) is 13.0. The molecule has 1 aliphatic heterocycles. The van der Waals surface area contributed by atoms with Crippen molar-refractivity contribution in [1.29, 1.82) is 0 Å². The van der Waals surface area contributed by atoms with Crippen molar-refractivity contribution < 1.29 is 14.3 Å². The number of fused-ring (bicyclic) bond motifs is 1. The monoisotopic (exact) mass is 408 g/mol. The lowest BCUT2D eigenvalue weighted by Crippen LogP contribution is -2.37. The van der Waals surface area contributed by atoms with E-state index in [-0.39, 0.29) is 11.9 Å². The van der Waals surface area contributed by atoms with Crippen LogP contribution in [0, 0.1) is 0 Å². The van der Waals surface area contributed by atoms with Gasteiger partial charge in [-0.25, -0.2) is 0 Å². The molecule has 0 saturated carbocycles. The number of hydrogen-bond donors (Lipinski definition) is 1. The number of hydrogen-bond acceptors (Lipinski definition) is 4. The molecule has 0 saturated heterocycles. The number of nitrogens with zero attached hydrogens (tertiary/aromatic N) is 1. The molecule has 1 heterocycles. The van der Waals surface area contributed by atoms with Crippen molar-refractivity contribution in [2.75, 3.05) is 33.9 Å². The highest BCUT2D eigenvalue weighted by atomic mass is 35.5.